The highest BCUT2D eigenvalue weighted by atomic mass is 16.6. The fraction of sp³-hybridized carbons (Fsp3) is 0.846. The van der Waals surface area contributed by atoms with E-state index in [1.807, 2.05) is 20.8 Å². The van der Waals surface area contributed by atoms with Gasteiger partial charge in [-0.3, -0.25) is 4.90 Å². The SMILES string of the molecule is CC(C)(C)OC(=O)N1[C@H](C=O)C[C@@H]2CCC[C@@H]21. The van der Waals surface area contributed by atoms with Crippen LogP contribution < -0.4 is 0 Å². The summed E-state index contributed by atoms with van der Waals surface area (Å²) < 4.78 is 5.39. The summed E-state index contributed by atoms with van der Waals surface area (Å²) in [6.07, 6.45) is 4.67. The molecule has 1 aliphatic heterocycles. The molecule has 96 valence electrons. The standard InChI is InChI=1S/C13H21NO3/c1-13(2,3)17-12(16)14-10(8-15)7-9-5-4-6-11(9)14/h8-11H,4-7H2,1-3H3/t9-,10-,11-/m0/s1. The molecule has 2 rings (SSSR count). The van der Waals surface area contributed by atoms with E-state index in [0.717, 1.165) is 32.0 Å². The summed E-state index contributed by atoms with van der Waals surface area (Å²) in [5, 5.41) is 0. The number of rotatable bonds is 1. The lowest BCUT2D eigenvalue weighted by Crippen LogP contribution is -2.44. The maximum Gasteiger partial charge on any atom is 0.411 e. The molecule has 1 heterocycles. The molecule has 3 atom stereocenters. The molecule has 2 fully saturated rings. The number of ether oxygens (including phenoxy) is 1. The van der Waals surface area contributed by atoms with Gasteiger partial charge in [-0.05, 0) is 46.0 Å². The summed E-state index contributed by atoms with van der Waals surface area (Å²) in [7, 11) is 0. The fourth-order valence-corrected chi connectivity index (χ4v) is 3.03. The molecule has 17 heavy (non-hydrogen) atoms. The smallest absolute Gasteiger partial charge is 0.411 e. The predicted molar refractivity (Wildman–Crippen MR) is 63.7 cm³/mol. The van der Waals surface area contributed by atoms with Gasteiger partial charge in [0.25, 0.3) is 0 Å². The van der Waals surface area contributed by atoms with Crippen LogP contribution in [0.2, 0.25) is 0 Å². The Morgan fingerprint density at radius 1 is 1.35 bits per heavy atom. The van der Waals surface area contributed by atoms with Crippen molar-refractivity contribution in [2.24, 2.45) is 5.92 Å². The van der Waals surface area contributed by atoms with E-state index in [1.54, 1.807) is 4.90 Å². The predicted octanol–water partition coefficient (Wildman–Crippen LogP) is 2.36. The number of nitrogens with zero attached hydrogens (tertiary/aromatic N) is 1. The Labute approximate surface area is 102 Å². The molecular formula is C13H21NO3. The molecule has 0 radical (unpaired) electrons. The second-order valence-electron chi connectivity index (χ2n) is 6.09. The maximum atomic E-state index is 12.1. The molecule has 4 nitrogen and oxygen atoms in total. The van der Waals surface area contributed by atoms with Crippen molar-refractivity contribution in [3.8, 4) is 0 Å². The van der Waals surface area contributed by atoms with Crippen LogP contribution in [0.1, 0.15) is 46.5 Å². The lowest BCUT2D eigenvalue weighted by atomic mass is 10.0. The van der Waals surface area contributed by atoms with Gasteiger partial charge < -0.3 is 9.53 Å². The Morgan fingerprint density at radius 2 is 2.06 bits per heavy atom. The number of hydrogen-bond acceptors (Lipinski definition) is 3. The first-order valence-corrected chi connectivity index (χ1v) is 6.39. The van der Waals surface area contributed by atoms with Crippen molar-refractivity contribution in [1.82, 2.24) is 4.90 Å². The zero-order valence-corrected chi connectivity index (χ0v) is 10.8. The van der Waals surface area contributed by atoms with Gasteiger partial charge in [-0.1, -0.05) is 6.42 Å². The number of carbonyl (C=O) groups is 2. The first-order chi connectivity index (χ1) is 7.92. The zero-order valence-electron chi connectivity index (χ0n) is 10.8. The van der Waals surface area contributed by atoms with E-state index in [4.69, 9.17) is 4.74 Å². The van der Waals surface area contributed by atoms with Crippen LogP contribution in [0.25, 0.3) is 0 Å². The molecule has 0 aromatic carbocycles. The van der Waals surface area contributed by atoms with Gasteiger partial charge in [-0.25, -0.2) is 4.79 Å². The average Bonchev–Trinajstić information content (AvgIpc) is 2.71. The Balaban J connectivity index is 2.11. The van der Waals surface area contributed by atoms with Crippen molar-refractivity contribution in [3.63, 3.8) is 0 Å². The van der Waals surface area contributed by atoms with Gasteiger partial charge in [0, 0.05) is 6.04 Å². The van der Waals surface area contributed by atoms with E-state index in [0.29, 0.717) is 5.92 Å². The normalized spacial score (nSPS) is 32.4. The molecule has 4 heteroatoms. The van der Waals surface area contributed by atoms with E-state index in [1.165, 1.54) is 0 Å². The van der Waals surface area contributed by atoms with Crippen molar-refractivity contribution in [2.75, 3.05) is 0 Å². The van der Waals surface area contributed by atoms with E-state index in [9.17, 15) is 9.59 Å². The van der Waals surface area contributed by atoms with Gasteiger partial charge in [0.05, 0.1) is 6.04 Å². The molecule has 1 saturated carbocycles. The lowest BCUT2D eigenvalue weighted by Gasteiger charge is -2.30. The van der Waals surface area contributed by atoms with Gasteiger partial charge in [-0.15, -0.1) is 0 Å². The van der Waals surface area contributed by atoms with Crippen molar-refractivity contribution < 1.29 is 14.3 Å². The number of likely N-dealkylation sites (tertiary alicyclic amines) is 1. The Bertz CT molecular complexity index is 321. The van der Waals surface area contributed by atoms with E-state index >= 15 is 0 Å². The molecule has 1 amide bonds. The van der Waals surface area contributed by atoms with Crippen LogP contribution in [-0.2, 0) is 9.53 Å². The molecular weight excluding hydrogens is 218 g/mol. The molecule has 1 saturated heterocycles. The van der Waals surface area contributed by atoms with Crippen molar-refractivity contribution >= 4 is 12.4 Å². The summed E-state index contributed by atoms with van der Waals surface area (Å²) in [5.41, 5.74) is -0.499. The van der Waals surface area contributed by atoms with Gasteiger partial charge in [-0.2, -0.15) is 0 Å². The van der Waals surface area contributed by atoms with Crippen molar-refractivity contribution in [2.45, 2.75) is 64.1 Å². The molecule has 0 aromatic heterocycles. The topological polar surface area (TPSA) is 46.6 Å². The van der Waals surface area contributed by atoms with Crippen molar-refractivity contribution in [3.05, 3.63) is 0 Å². The van der Waals surface area contributed by atoms with Crippen LogP contribution >= 0.6 is 0 Å². The van der Waals surface area contributed by atoms with E-state index in [-0.39, 0.29) is 18.2 Å². The van der Waals surface area contributed by atoms with Crippen LogP contribution in [0.4, 0.5) is 4.79 Å². The molecule has 0 spiro atoms. The third kappa shape index (κ3) is 2.45. The molecule has 1 aliphatic carbocycles. The van der Waals surface area contributed by atoms with Crippen LogP contribution in [0.3, 0.4) is 0 Å². The minimum Gasteiger partial charge on any atom is -0.444 e. The highest BCUT2D eigenvalue weighted by Gasteiger charge is 2.47. The van der Waals surface area contributed by atoms with Crippen molar-refractivity contribution in [1.29, 1.82) is 0 Å². The summed E-state index contributed by atoms with van der Waals surface area (Å²) in [5.74, 6) is 0.498. The third-order valence-electron chi connectivity index (χ3n) is 3.64. The van der Waals surface area contributed by atoms with Gasteiger partial charge in [0.2, 0.25) is 0 Å². The minimum absolute atomic E-state index is 0.222. The van der Waals surface area contributed by atoms with Gasteiger partial charge in [0.15, 0.2) is 0 Å². The monoisotopic (exact) mass is 239 g/mol. The number of carbonyl (C=O) groups excluding carboxylic acids is 2. The highest BCUT2D eigenvalue weighted by Crippen LogP contribution is 2.41. The van der Waals surface area contributed by atoms with Gasteiger partial charge >= 0.3 is 6.09 Å². The summed E-state index contributed by atoms with van der Waals surface area (Å²) >= 11 is 0. The quantitative estimate of drug-likeness (QED) is 0.660. The summed E-state index contributed by atoms with van der Waals surface area (Å²) in [6, 6.07) is -0.0554. The molecule has 0 aromatic rings. The second kappa shape index (κ2) is 4.31. The van der Waals surface area contributed by atoms with Crippen LogP contribution in [-0.4, -0.2) is 35.0 Å². The Hall–Kier alpha value is -1.06. The zero-order chi connectivity index (χ0) is 12.6. The molecule has 0 N–H and O–H groups in total. The average molecular weight is 239 g/mol. The minimum atomic E-state index is -0.499. The first kappa shape index (κ1) is 12.4. The molecule has 2 aliphatic rings. The Kier molecular flexibility index (Phi) is 3.15. The first-order valence-electron chi connectivity index (χ1n) is 6.39. The summed E-state index contributed by atoms with van der Waals surface area (Å²) in [6.45, 7) is 5.55. The van der Waals surface area contributed by atoms with E-state index < -0.39 is 5.60 Å². The second-order valence-corrected chi connectivity index (χ2v) is 6.09. The summed E-state index contributed by atoms with van der Waals surface area (Å²) in [4.78, 5) is 24.9. The number of amides is 1. The lowest BCUT2D eigenvalue weighted by molar-refractivity contribution is -0.112. The maximum absolute atomic E-state index is 12.1. The Morgan fingerprint density at radius 3 is 2.65 bits per heavy atom. The van der Waals surface area contributed by atoms with Crippen LogP contribution in [0, 0.1) is 5.92 Å². The fourth-order valence-electron chi connectivity index (χ4n) is 3.03. The van der Waals surface area contributed by atoms with Crippen LogP contribution in [0.5, 0.6) is 0 Å². The van der Waals surface area contributed by atoms with Gasteiger partial charge in [0.1, 0.15) is 11.9 Å². The third-order valence-corrected chi connectivity index (χ3v) is 3.64. The molecule has 0 unspecified atom stereocenters. The largest absolute Gasteiger partial charge is 0.444 e. The number of aldehydes is 1. The highest BCUT2D eigenvalue weighted by molar-refractivity contribution is 5.75. The number of fused-ring (bicyclic) bond motifs is 1. The number of hydrogen-bond donors (Lipinski definition) is 0. The van der Waals surface area contributed by atoms with E-state index in [2.05, 4.69) is 0 Å². The molecule has 0 bridgehead atoms. The van der Waals surface area contributed by atoms with Crippen LogP contribution in [0.15, 0.2) is 0 Å².